The number of thioether (sulfide) groups is 1. The van der Waals surface area contributed by atoms with Gasteiger partial charge < -0.3 is 10.1 Å². The molecule has 5 heteroatoms. The van der Waals surface area contributed by atoms with Gasteiger partial charge in [0.05, 0.1) is 29.7 Å². The number of rotatable bonds is 6. The molecule has 1 heterocycles. The Morgan fingerprint density at radius 3 is 2.61 bits per heavy atom. The molecule has 1 aromatic rings. The zero-order chi connectivity index (χ0) is 20.3. The maximum Gasteiger partial charge on any atom is 0.162 e. The van der Waals surface area contributed by atoms with Gasteiger partial charge in [-0.05, 0) is 41.7 Å². The van der Waals surface area contributed by atoms with E-state index in [2.05, 4.69) is 32.2 Å². The molecule has 0 saturated heterocycles. The molecule has 0 unspecified atom stereocenters. The lowest BCUT2D eigenvalue weighted by Gasteiger charge is -2.39. The fraction of sp³-hybridized carbons (Fsp3) is 0.478. The van der Waals surface area contributed by atoms with Crippen molar-refractivity contribution in [2.24, 2.45) is 5.41 Å². The molecule has 1 aliphatic heterocycles. The smallest absolute Gasteiger partial charge is 0.162 e. The van der Waals surface area contributed by atoms with Crippen molar-refractivity contribution in [2.75, 3.05) is 12.9 Å². The molecular formula is C23H28N2O2S. The van der Waals surface area contributed by atoms with E-state index in [0.29, 0.717) is 12.0 Å². The third-order valence-electron chi connectivity index (χ3n) is 5.32. The number of nitrogens with zero attached hydrogens (tertiary/aromatic N) is 1. The summed E-state index contributed by atoms with van der Waals surface area (Å²) in [5, 5.41) is 14.4. The summed E-state index contributed by atoms with van der Waals surface area (Å²) in [6.07, 6.45) is 3.54. The molecule has 1 aliphatic carbocycles. The van der Waals surface area contributed by atoms with Crippen molar-refractivity contribution in [1.29, 1.82) is 5.26 Å². The number of carbonyl (C=O) groups excluding carboxylic acids is 1. The molecule has 0 fully saturated rings. The molecule has 3 rings (SSSR count). The van der Waals surface area contributed by atoms with Crippen molar-refractivity contribution in [1.82, 2.24) is 5.32 Å². The van der Waals surface area contributed by atoms with E-state index >= 15 is 0 Å². The maximum atomic E-state index is 13.1. The molecule has 0 bridgehead atoms. The highest BCUT2D eigenvalue weighted by Crippen LogP contribution is 2.48. The molecule has 0 amide bonds. The van der Waals surface area contributed by atoms with Crippen molar-refractivity contribution in [2.45, 2.75) is 52.4 Å². The van der Waals surface area contributed by atoms with Crippen LogP contribution in [0.5, 0.6) is 5.75 Å². The number of Topliss-reactive ketones (excluding diaryl/α,β-unsaturated/α-hetero) is 1. The number of nitriles is 1. The second-order valence-corrected chi connectivity index (χ2v) is 9.33. The molecule has 4 nitrogen and oxygen atoms in total. The van der Waals surface area contributed by atoms with E-state index in [-0.39, 0.29) is 17.1 Å². The Bertz CT molecular complexity index is 860. The van der Waals surface area contributed by atoms with E-state index in [9.17, 15) is 10.1 Å². The first-order chi connectivity index (χ1) is 13.4. The number of ketones is 1. The van der Waals surface area contributed by atoms with Gasteiger partial charge in [0.1, 0.15) is 5.75 Å². The van der Waals surface area contributed by atoms with E-state index in [1.54, 1.807) is 18.9 Å². The van der Waals surface area contributed by atoms with Gasteiger partial charge in [-0.15, -0.1) is 11.8 Å². The Morgan fingerprint density at radius 2 is 2.00 bits per heavy atom. The van der Waals surface area contributed by atoms with Crippen LogP contribution in [0.1, 0.15) is 57.9 Å². The molecule has 0 radical (unpaired) electrons. The number of nitrogens with one attached hydrogen (secondary N) is 1. The largest absolute Gasteiger partial charge is 0.497 e. The second-order valence-electron chi connectivity index (χ2n) is 8.22. The van der Waals surface area contributed by atoms with E-state index in [1.807, 2.05) is 24.3 Å². The minimum absolute atomic E-state index is 0.0727. The molecule has 1 N–H and O–H groups in total. The SMILES string of the molecule is CCCCSC1=C(C#N)[C@H](c2ccc(OC)cc2)C2=C(CC(C)(C)CC2=O)N1. The number of benzene rings is 1. The molecule has 1 aromatic carbocycles. The number of dihydropyridines is 1. The predicted octanol–water partition coefficient (Wildman–Crippen LogP) is 5.29. The summed E-state index contributed by atoms with van der Waals surface area (Å²) >= 11 is 1.69. The van der Waals surface area contributed by atoms with Crippen molar-refractivity contribution in [3.63, 3.8) is 0 Å². The molecule has 148 valence electrons. The standard InChI is InChI=1S/C23H28N2O2S/c1-5-6-11-28-22-17(14-24)20(15-7-9-16(27-4)10-8-15)21-18(25-22)12-23(2,3)13-19(21)26/h7-10,20,25H,5-6,11-13H2,1-4H3/t20-/m0/s1. The summed E-state index contributed by atoms with van der Waals surface area (Å²) in [6, 6.07) is 10.1. The molecule has 0 spiro atoms. The minimum Gasteiger partial charge on any atom is -0.497 e. The normalized spacial score (nSPS) is 21.1. The molecule has 28 heavy (non-hydrogen) atoms. The van der Waals surface area contributed by atoms with Crippen LogP contribution in [0.3, 0.4) is 0 Å². The quantitative estimate of drug-likeness (QED) is 0.662. The lowest BCUT2D eigenvalue weighted by atomic mass is 9.69. The van der Waals surface area contributed by atoms with Crippen LogP contribution in [0.15, 0.2) is 46.1 Å². The zero-order valence-corrected chi connectivity index (χ0v) is 17.9. The van der Waals surface area contributed by atoms with E-state index in [0.717, 1.165) is 52.6 Å². The first-order valence-electron chi connectivity index (χ1n) is 9.84. The van der Waals surface area contributed by atoms with Gasteiger partial charge in [-0.25, -0.2) is 0 Å². The Kier molecular flexibility index (Phi) is 6.20. The van der Waals surface area contributed by atoms with Gasteiger partial charge in [0.25, 0.3) is 0 Å². The van der Waals surface area contributed by atoms with Crippen molar-refractivity contribution in [3.8, 4) is 11.8 Å². The second kappa shape index (κ2) is 8.45. The van der Waals surface area contributed by atoms with Gasteiger partial charge >= 0.3 is 0 Å². The monoisotopic (exact) mass is 396 g/mol. The fourth-order valence-electron chi connectivity index (χ4n) is 3.94. The predicted molar refractivity (Wildman–Crippen MR) is 114 cm³/mol. The van der Waals surface area contributed by atoms with E-state index < -0.39 is 0 Å². The van der Waals surface area contributed by atoms with Crippen LogP contribution in [-0.2, 0) is 4.79 Å². The highest BCUT2D eigenvalue weighted by atomic mass is 32.2. The molecular weight excluding hydrogens is 368 g/mol. The summed E-state index contributed by atoms with van der Waals surface area (Å²) in [6.45, 7) is 6.43. The van der Waals surface area contributed by atoms with E-state index in [1.165, 1.54) is 0 Å². The average Bonchev–Trinajstić information content (AvgIpc) is 2.66. The number of unbranched alkanes of at least 4 members (excludes halogenated alkanes) is 1. The Hall–Kier alpha value is -2.19. The number of methoxy groups -OCH3 is 1. The zero-order valence-electron chi connectivity index (χ0n) is 17.1. The van der Waals surface area contributed by atoms with Crippen LogP contribution < -0.4 is 10.1 Å². The summed E-state index contributed by atoms with van der Waals surface area (Å²) in [5.74, 6) is 1.56. The molecule has 1 atom stereocenters. The summed E-state index contributed by atoms with van der Waals surface area (Å²) in [4.78, 5) is 13.1. The summed E-state index contributed by atoms with van der Waals surface area (Å²) in [5.41, 5.74) is 3.29. The fourth-order valence-corrected chi connectivity index (χ4v) is 5.09. The third-order valence-corrected chi connectivity index (χ3v) is 6.42. The number of allylic oxidation sites excluding steroid dienone is 3. The van der Waals surface area contributed by atoms with Crippen molar-refractivity contribution >= 4 is 17.5 Å². The molecule has 0 aromatic heterocycles. The van der Waals surface area contributed by atoms with Crippen LogP contribution in [0.25, 0.3) is 0 Å². The highest BCUT2D eigenvalue weighted by molar-refractivity contribution is 8.03. The number of hydrogen-bond donors (Lipinski definition) is 1. The van der Waals surface area contributed by atoms with Gasteiger partial charge in [-0.2, -0.15) is 5.26 Å². The number of hydrogen-bond acceptors (Lipinski definition) is 5. The maximum absolute atomic E-state index is 13.1. The highest BCUT2D eigenvalue weighted by Gasteiger charge is 2.41. The first kappa shape index (κ1) is 20.5. The van der Waals surface area contributed by atoms with Crippen LogP contribution >= 0.6 is 11.8 Å². The van der Waals surface area contributed by atoms with Gasteiger partial charge in [0.15, 0.2) is 5.78 Å². The number of carbonyl (C=O) groups is 1. The minimum atomic E-state index is -0.306. The van der Waals surface area contributed by atoms with Crippen molar-refractivity contribution in [3.05, 3.63) is 51.7 Å². The summed E-state index contributed by atoms with van der Waals surface area (Å²) in [7, 11) is 1.63. The molecule has 0 saturated carbocycles. The Labute approximate surface area is 172 Å². The number of ether oxygens (including phenoxy) is 1. The van der Waals surface area contributed by atoms with Crippen molar-refractivity contribution < 1.29 is 9.53 Å². The van der Waals surface area contributed by atoms with Crippen LogP contribution in [0, 0.1) is 16.7 Å². The van der Waals surface area contributed by atoms with Gasteiger partial charge in [0.2, 0.25) is 0 Å². The summed E-state index contributed by atoms with van der Waals surface area (Å²) < 4.78 is 5.28. The Balaban J connectivity index is 2.09. The van der Waals surface area contributed by atoms with E-state index in [4.69, 9.17) is 4.74 Å². The average molecular weight is 397 g/mol. The van der Waals surface area contributed by atoms with Crippen LogP contribution in [-0.4, -0.2) is 18.6 Å². The Morgan fingerprint density at radius 1 is 1.29 bits per heavy atom. The van der Waals surface area contributed by atoms with Gasteiger partial charge in [-0.1, -0.05) is 39.3 Å². The molecule has 2 aliphatic rings. The van der Waals surface area contributed by atoms with Gasteiger partial charge in [-0.3, -0.25) is 4.79 Å². The first-order valence-corrected chi connectivity index (χ1v) is 10.8. The van der Waals surface area contributed by atoms with Crippen LogP contribution in [0.2, 0.25) is 0 Å². The van der Waals surface area contributed by atoms with Gasteiger partial charge in [0, 0.05) is 17.7 Å². The topological polar surface area (TPSA) is 62.1 Å². The lowest BCUT2D eigenvalue weighted by molar-refractivity contribution is -0.118. The lowest BCUT2D eigenvalue weighted by Crippen LogP contribution is -2.36. The third kappa shape index (κ3) is 4.12. The van der Waals surface area contributed by atoms with Crippen LogP contribution in [0.4, 0.5) is 0 Å².